The summed E-state index contributed by atoms with van der Waals surface area (Å²) in [6.07, 6.45) is 1.69. The van der Waals surface area contributed by atoms with E-state index in [0.29, 0.717) is 6.54 Å². The van der Waals surface area contributed by atoms with E-state index >= 15 is 0 Å². The van der Waals surface area contributed by atoms with Crippen LogP contribution in [0.1, 0.15) is 6.92 Å². The Morgan fingerprint density at radius 1 is 1.41 bits per heavy atom. The Balaban J connectivity index is 2.15. The van der Waals surface area contributed by atoms with Crippen LogP contribution < -0.4 is 10.6 Å². The predicted molar refractivity (Wildman–Crippen MR) is 66.7 cm³/mol. The number of carbonyl (C=O) groups excluding carboxylic acids is 1. The van der Waals surface area contributed by atoms with Gasteiger partial charge in [0.2, 0.25) is 0 Å². The molecule has 0 aliphatic carbocycles. The predicted octanol–water partition coefficient (Wildman–Crippen LogP) is 2.22. The van der Waals surface area contributed by atoms with Crippen LogP contribution in [0.2, 0.25) is 0 Å². The van der Waals surface area contributed by atoms with Crippen LogP contribution in [0.3, 0.4) is 0 Å². The third kappa shape index (κ3) is 2.84. The molecule has 0 saturated heterocycles. The van der Waals surface area contributed by atoms with Crippen molar-refractivity contribution in [2.45, 2.75) is 6.92 Å². The molecule has 0 aliphatic rings. The van der Waals surface area contributed by atoms with Crippen LogP contribution in [0.4, 0.5) is 10.5 Å². The molecule has 2 rings (SSSR count). The van der Waals surface area contributed by atoms with Crippen LogP contribution >= 0.6 is 0 Å². The van der Waals surface area contributed by atoms with Gasteiger partial charge in [-0.1, -0.05) is 12.1 Å². The minimum absolute atomic E-state index is 0.200. The Hall–Kier alpha value is -2.30. The van der Waals surface area contributed by atoms with Crippen LogP contribution in [0.5, 0.6) is 0 Å². The van der Waals surface area contributed by atoms with Gasteiger partial charge in [-0.05, 0) is 25.1 Å². The first kappa shape index (κ1) is 11.2. The number of anilines is 1. The fourth-order valence-corrected chi connectivity index (χ4v) is 1.52. The number of amides is 2. The molecule has 1 aromatic heterocycles. The molecule has 0 spiro atoms. The summed E-state index contributed by atoms with van der Waals surface area (Å²) >= 11 is 0. The summed E-state index contributed by atoms with van der Waals surface area (Å²) in [6.45, 7) is 2.48. The fraction of sp³-hybridized carbons (Fsp3) is 0.167. The normalized spacial score (nSPS) is 9.94. The van der Waals surface area contributed by atoms with E-state index in [1.807, 2.05) is 37.3 Å². The maximum absolute atomic E-state index is 11.4. The second-order valence-corrected chi connectivity index (χ2v) is 3.54. The Morgan fingerprint density at radius 3 is 3.00 bits per heavy atom. The lowest BCUT2D eigenvalue weighted by atomic mass is 10.1. The number of aromatic nitrogens is 2. The van der Waals surface area contributed by atoms with Crippen LogP contribution in [0, 0.1) is 0 Å². The van der Waals surface area contributed by atoms with Crippen molar-refractivity contribution in [3.63, 3.8) is 0 Å². The lowest BCUT2D eigenvalue weighted by molar-refractivity contribution is 0.252. The van der Waals surface area contributed by atoms with Crippen molar-refractivity contribution in [2.24, 2.45) is 0 Å². The third-order valence-electron chi connectivity index (χ3n) is 2.27. The van der Waals surface area contributed by atoms with Gasteiger partial charge >= 0.3 is 6.03 Å². The van der Waals surface area contributed by atoms with Crippen LogP contribution in [-0.4, -0.2) is 22.8 Å². The second-order valence-electron chi connectivity index (χ2n) is 3.54. The zero-order valence-electron chi connectivity index (χ0n) is 9.53. The first-order chi connectivity index (χ1) is 8.29. The number of benzene rings is 1. The van der Waals surface area contributed by atoms with Gasteiger partial charge in [-0.25, -0.2) is 4.79 Å². The van der Waals surface area contributed by atoms with E-state index in [1.165, 1.54) is 0 Å². The summed E-state index contributed by atoms with van der Waals surface area (Å²) < 4.78 is 0. The van der Waals surface area contributed by atoms with Crippen molar-refractivity contribution in [3.05, 3.63) is 36.5 Å². The highest BCUT2D eigenvalue weighted by Gasteiger charge is 2.02. The van der Waals surface area contributed by atoms with Gasteiger partial charge in [-0.15, -0.1) is 0 Å². The summed E-state index contributed by atoms with van der Waals surface area (Å²) in [5, 5.41) is 12.2. The van der Waals surface area contributed by atoms with E-state index in [-0.39, 0.29) is 6.03 Å². The molecule has 5 heteroatoms. The highest BCUT2D eigenvalue weighted by atomic mass is 16.2. The number of nitrogens with one attached hydrogen (secondary N) is 3. The lowest BCUT2D eigenvalue weighted by Gasteiger charge is -2.06. The molecule has 0 unspecified atom stereocenters. The summed E-state index contributed by atoms with van der Waals surface area (Å²) in [4.78, 5) is 11.4. The standard InChI is InChI=1S/C12H14N4O/c1-2-13-12(17)15-10-5-3-4-9(8-10)11-6-7-14-16-11/h3-8H,2H2,1H3,(H,14,16)(H2,13,15,17). The van der Waals surface area contributed by atoms with Crippen molar-refractivity contribution < 1.29 is 4.79 Å². The van der Waals surface area contributed by atoms with E-state index in [2.05, 4.69) is 20.8 Å². The minimum Gasteiger partial charge on any atom is -0.338 e. The monoisotopic (exact) mass is 230 g/mol. The number of hydrogen-bond acceptors (Lipinski definition) is 2. The maximum atomic E-state index is 11.4. The van der Waals surface area contributed by atoms with Gasteiger partial charge < -0.3 is 10.6 Å². The number of aromatic amines is 1. The molecule has 0 aliphatic heterocycles. The van der Waals surface area contributed by atoms with Crippen LogP contribution in [-0.2, 0) is 0 Å². The number of carbonyl (C=O) groups is 1. The van der Waals surface area contributed by atoms with E-state index < -0.39 is 0 Å². The quantitative estimate of drug-likeness (QED) is 0.756. The Labute approximate surface area is 99.2 Å². The van der Waals surface area contributed by atoms with Gasteiger partial charge in [0.1, 0.15) is 0 Å². The average Bonchev–Trinajstić information content (AvgIpc) is 2.83. The molecule has 0 saturated carbocycles. The Kier molecular flexibility index (Phi) is 3.40. The molecular formula is C12H14N4O. The third-order valence-corrected chi connectivity index (χ3v) is 2.27. The zero-order chi connectivity index (χ0) is 12.1. The van der Waals surface area contributed by atoms with Gasteiger partial charge in [0, 0.05) is 24.0 Å². The zero-order valence-corrected chi connectivity index (χ0v) is 9.53. The van der Waals surface area contributed by atoms with Crippen molar-refractivity contribution in [1.82, 2.24) is 15.5 Å². The Bertz CT molecular complexity index is 493. The first-order valence-electron chi connectivity index (χ1n) is 5.44. The highest BCUT2D eigenvalue weighted by molar-refractivity contribution is 5.89. The number of hydrogen-bond donors (Lipinski definition) is 3. The molecule has 3 N–H and O–H groups in total. The largest absolute Gasteiger partial charge is 0.338 e. The molecule has 5 nitrogen and oxygen atoms in total. The van der Waals surface area contributed by atoms with Crippen LogP contribution in [0.25, 0.3) is 11.3 Å². The molecule has 17 heavy (non-hydrogen) atoms. The summed E-state index contributed by atoms with van der Waals surface area (Å²) in [5.74, 6) is 0. The molecule has 0 atom stereocenters. The van der Waals surface area contributed by atoms with Crippen LogP contribution in [0.15, 0.2) is 36.5 Å². The smallest absolute Gasteiger partial charge is 0.319 e. The number of H-pyrrole nitrogens is 1. The Morgan fingerprint density at radius 2 is 2.29 bits per heavy atom. The first-order valence-corrected chi connectivity index (χ1v) is 5.44. The molecular weight excluding hydrogens is 216 g/mol. The summed E-state index contributed by atoms with van der Waals surface area (Å²) in [5.41, 5.74) is 2.66. The molecule has 0 bridgehead atoms. The van der Waals surface area contributed by atoms with Gasteiger partial charge in [-0.3, -0.25) is 5.10 Å². The molecule has 0 radical (unpaired) electrons. The minimum atomic E-state index is -0.200. The molecule has 0 fully saturated rings. The van der Waals surface area contributed by atoms with Gasteiger partial charge in [0.15, 0.2) is 0 Å². The second kappa shape index (κ2) is 5.16. The molecule has 1 aromatic carbocycles. The van der Waals surface area contributed by atoms with E-state index in [9.17, 15) is 4.79 Å². The number of nitrogens with zero attached hydrogens (tertiary/aromatic N) is 1. The average molecular weight is 230 g/mol. The molecule has 2 aromatic rings. The van der Waals surface area contributed by atoms with Gasteiger partial charge in [0.25, 0.3) is 0 Å². The molecule has 2 amide bonds. The molecule has 88 valence electrons. The van der Waals surface area contributed by atoms with Gasteiger partial charge in [-0.2, -0.15) is 5.10 Å². The maximum Gasteiger partial charge on any atom is 0.319 e. The van der Waals surface area contributed by atoms with E-state index in [0.717, 1.165) is 16.9 Å². The number of urea groups is 1. The highest BCUT2D eigenvalue weighted by Crippen LogP contribution is 2.20. The molecule has 1 heterocycles. The van der Waals surface area contributed by atoms with Crippen molar-refractivity contribution >= 4 is 11.7 Å². The van der Waals surface area contributed by atoms with Crippen molar-refractivity contribution in [1.29, 1.82) is 0 Å². The van der Waals surface area contributed by atoms with E-state index in [1.54, 1.807) is 6.20 Å². The van der Waals surface area contributed by atoms with Gasteiger partial charge in [0.05, 0.1) is 5.69 Å². The summed E-state index contributed by atoms with van der Waals surface area (Å²) in [6, 6.07) is 9.26. The van der Waals surface area contributed by atoms with Crippen molar-refractivity contribution in [2.75, 3.05) is 11.9 Å². The topological polar surface area (TPSA) is 69.8 Å². The van der Waals surface area contributed by atoms with E-state index in [4.69, 9.17) is 0 Å². The number of rotatable bonds is 3. The lowest BCUT2D eigenvalue weighted by Crippen LogP contribution is -2.28. The SMILES string of the molecule is CCNC(=O)Nc1cccc(-c2ccn[nH]2)c1. The fourth-order valence-electron chi connectivity index (χ4n) is 1.52. The summed E-state index contributed by atoms with van der Waals surface area (Å²) in [7, 11) is 0. The van der Waals surface area contributed by atoms with Crippen molar-refractivity contribution in [3.8, 4) is 11.3 Å².